The van der Waals surface area contributed by atoms with Crippen molar-refractivity contribution in [3.05, 3.63) is 58.0 Å². The second-order valence-corrected chi connectivity index (χ2v) is 3.75. The summed E-state index contributed by atoms with van der Waals surface area (Å²) in [4.78, 5) is 0. The average molecular weight is 285 g/mol. The van der Waals surface area contributed by atoms with Gasteiger partial charge in [0.15, 0.2) is 0 Å². The fourth-order valence-electron chi connectivity index (χ4n) is 1.01. The quantitative estimate of drug-likeness (QED) is 0.696. The minimum atomic E-state index is -0.362. The standard InChI is InChI=1S/C12H9I/c13-12-8-6-11(7-9-12)10-4-2-1-3-5-10/h1-9H/i1D,2D,3D,4D,5D. The van der Waals surface area contributed by atoms with Gasteiger partial charge in [-0.3, -0.25) is 0 Å². The summed E-state index contributed by atoms with van der Waals surface area (Å²) in [6.45, 7) is 0. The summed E-state index contributed by atoms with van der Waals surface area (Å²) >= 11 is 2.15. The van der Waals surface area contributed by atoms with Crippen molar-refractivity contribution in [2.45, 2.75) is 0 Å². The van der Waals surface area contributed by atoms with Gasteiger partial charge in [-0.15, -0.1) is 0 Å². The Labute approximate surface area is 98.8 Å². The Balaban J connectivity index is 2.75. The minimum absolute atomic E-state index is 0.165. The van der Waals surface area contributed by atoms with Crippen molar-refractivity contribution in [3.8, 4) is 11.1 Å². The van der Waals surface area contributed by atoms with Crippen LogP contribution in [0.15, 0.2) is 54.5 Å². The lowest BCUT2D eigenvalue weighted by atomic mass is 10.1. The third-order valence-electron chi connectivity index (χ3n) is 1.63. The van der Waals surface area contributed by atoms with E-state index in [0.29, 0.717) is 5.56 Å². The smallest absolute Gasteiger partial charge is 0.0622 e. The van der Waals surface area contributed by atoms with Crippen LogP contribution in [0.3, 0.4) is 0 Å². The third-order valence-corrected chi connectivity index (χ3v) is 2.35. The van der Waals surface area contributed by atoms with Gasteiger partial charge in [0.1, 0.15) is 0 Å². The van der Waals surface area contributed by atoms with E-state index in [1.165, 1.54) is 0 Å². The van der Waals surface area contributed by atoms with E-state index in [1.54, 1.807) is 12.1 Å². The Kier molecular flexibility index (Phi) is 1.39. The molecule has 0 amide bonds. The molecule has 1 heteroatoms. The van der Waals surface area contributed by atoms with E-state index in [-0.39, 0.29) is 35.8 Å². The van der Waals surface area contributed by atoms with E-state index in [0.717, 1.165) is 3.57 Å². The zero-order valence-electron chi connectivity index (χ0n) is 11.7. The first-order valence-corrected chi connectivity index (χ1v) is 4.84. The lowest BCUT2D eigenvalue weighted by Crippen LogP contribution is -1.76. The summed E-state index contributed by atoms with van der Waals surface area (Å²) in [5.41, 5.74) is 0.879. The van der Waals surface area contributed by atoms with Gasteiger partial charge in [0.2, 0.25) is 0 Å². The van der Waals surface area contributed by atoms with Gasteiger partial charge in [0.25, 0.3) is 0 Å². The van der Waals surface area contributed by atoms with E-state index in [2.05, 4.69) is 22.6 Å². The van der Waals surface area contributed by atoms with Gasteiger partial charge in [-0.2, -0.15) is 0 Å². The van der Waals surface area contributed by atoms with Crippen LogP contribution in [0.5, 0.6) is 0 Å². The van der Waals surface area contributed by atoms with Crippen molar-refractivity contribution in [3.63, 3.8) is 0 Å². The molecule has 2 aromatic rings. The molecule has 0 aliphatic carbocycles. The number of rotatable bonds is 1. The second-order valence-electron chi connectivity index (χ2n) is 2.51. The highest BCUT2D eigenvalue weighted by atomic mass is 127. The normalized spacial score (nSPS) is 15.3. The molecule has 0 aromatic heterocycles. The van der Waals surface area contributed by atoms with Crippen molar-refractivity contribution < 1.29 is 6.85 Å². The number of hydrogen-bond donors (Lipinski definition) is 0. The average Bonchev–Trinajstić information content (AvgIpc) is 2.36. The zero-order chi connectivity index (χ0) is 13.4. The number of benzene rings is 2. The van der Waals surface area contributed by atoms with Gasteiger partial charge in [-0.05, 0) is 45.9 Å². The molecular formula is C12H9I. The van der Waals surface area contributed by atoms with Crippen LogP contribution < -0.4 is 0 Å². The highest BCUT2D eigenvalue weighted by Gasteiger charge is 1.94. The predicted molar refractivity (Wildman–Crippen MR) is 64.6 cm³/mol. The maximum Gasteiger partial charge on any atom is 0.0629 e. The summed E-state index contributed by atoms with van der Waals surface area (Å²) in [7, 11) is 0. The van der Waals surface area contributed by atoms with Crippen LogP contribution in [0.2, 0.25) is 0 Å². The van der Waals surface area contributed by atoms with Crippen LogP contribution in [0, 0.1) is 3.57 Å². The van der Waals surface area contributed by atoms with E-state index in [1.807, 2.05) is 12.1 Å². The van der Waals surface area contributed by atoms with Crippen LogP contribution >= 0.6 is 22.6 Å². The fourth-order valence-corrected chi connectivity index (χ4v) is 1.37. The lowest BCUT2D eigenvalue weighted by Gasteiger charge is -2.00. The van der Waals surface area contributed by atoms with Gasteiger partial charge < -0.3 is 0 Å². The van der Waals surface area contributed by atoms with Crippen LogP contribution in [0.1, 0.15) is 6.85 Å². The Morgan fingerprint density at radius 2 is 1.46 bits per heavy atom. The molecule has 0 nitrogen and oxygen atoms in total. The summed E-state index contributed by atoms with van der Waals surface area (Å²) < 4.78 is 39.5. The minimum Gasteiger partial charge on any atom is -0.0622 e. The maximum atomic E-state index is 7.85. The van der Waals surface area contributed by atoms with Crippen LogP contribution in [0.4, 0.5) is 0 Å². The Hall–Kier alpha value is -0.830. The van der Waals surface area contributed by atoms with E-state index in [4.69, 9.17) is 6.85 Å². The van der Waals surface area contributed by atoms with Gasteiger partial charge >= 0.3 is 0 Å². The molecule has 0 heterocycles. The van der Waals surface area contributed by atoms with Crippen molar-refractivity contribution in [2.75, 3.05) is 0 Å². The predicted octanol–water partition coefficient (Wildman–Crippen LogP) is 3.96. The van der Waals surface area contributed by atoms with Crippen molar-refractivity contribution in [1.82, 2.24) is 0 Å². The Morgan fingerprint density at radius 3 is 2.08 bits per heavy atom. The molecule has 0 N–H and O–H groups in total. The molecule has 2 aromatic carbocycles. The molecule has 0 saturated carbocycles. The van der Waals surface area contributed by atoms with Crippen molar-refractivity contribution in [1.29, 1.82) is 0 Å². The SMILES string of the molecule is [2H]c1c([2H])c([2H])c(-c2ccc(I)cc2)c([2H])c1[2H]. The first-order valence-electron chi connectivity index (χ1n) is 6.26. The molecule has 0 bridgehead atoms. The summed E-state index contributed by atoms with van der Waals surface area (Å²) in [5.74, 6) is 0. The van der Waals surface area contributed by atoms with Gasteiger partial charge in [0.05, 0.1) is 6.85 Å². The Bertz CT molecular complexity index is 578. The largest absolute Gasteiger partial charge is 0.0629 e. The fraction of sp³-hybridized carbons (Fsp3) is 0. The molecular weight excluding hydrogens is 271 g/mol. The Morgan fingerprint density at radius 1 is 0.846 bits per heavy atom. The highest BCUT2D eigenvalue weighted by molar-refractivity contribution is 14.1. The van der Waals surface area contributed by atoms with E-state index < -0.39 is 0 Å². The molecule has 2 rings (SSSR count). The molecule has 0 atom stereocenters. The molecule has 0 aliphatic heterocycles. The molecule has 0 spiro atoms. The molecule has 0 unspecified atom stereocenters. The van der Waals surface area contributed by atoms with Gasteiger partial charge in [0, 0.05) is 3.57 Å². The van der Waals surface area contributed by atoms with Gasteiger partial charge in [-0.1, -0.05) is 42.3 Å². The van der Waals surface area contributed by atoms with E-state index >= 15 is 0 Å². The molecule has 0 aliphatic rings. The zero-order valence-corrected chi connectivity index (χ0v) is 8.84. The highest BCUT2D eigenvalue weighted by Crippen LogP contribution is 2.19. The van der Waals surface area contributed by atoms with Gasteiger partial charge in [-0.25, -0.2) is 0 Å². The first kappa shape index (κ1) is 4.60. The molecule has 13 heavy (non-hydrogen) atoms. The third kappa shape index (κ3) is 2.10. The lowest BCUT2D eigenvalue weighted by molar-refractivity contribution is 1.59. The van der Waals surface area contributed by atoms with Crippen molar-refractivity contribution >= 4 is 22.6 Å². The monoisotopic (exact) mass is 285 g/mol. The maximum absolute atomic E-state index is 7.85. The second kappa shape index (κ2) is 3.92. The molecule has 0 fully saturated rings. The van der Waals surface area contributed by atoms with Crippen LogP contribution in [0.25, 0.3) is 11.1 Å². The van der Waals surface area contributed by atoms with E-state index in [9.17, 15) is 0 Å². The number of halogens is 1. The first-order chi connectivity index (χ1) is 8.43. The van der Waals surface area contributed by atoms with Crippen molar-refractivity contribution in [2.24, 2.45) is 0 Å². The summed E-state index contributed by atoms with van der Waals surface area (Å²) in [6, 6.07) is 5.91. The molecule has 64 valence electrons. The topological polar surface area (TPSA) is 0 Å². The summed E-state index contributed by atoms with van der Waals surface area (Å²) in [6.07, 6.45) is 0. The van der Waals surface area contributed by atoms with Crippen LogP contribution in [-0.4, -0.2) is 0 Å². The number of hydrogen-bond acceptors (Lipinski definition) is 0. The summed E-state index contributed by atoms with van der Waals surface area (Å²) in [5, 5.41) is 0. The molecule has 0 saturated heterocycles. The van der Waals surface area contributed by atoms with Crippen LogP contribution in [-0.2, 0) is 0 Å². The molecule has 0 radical (unpaired) electrons.